The fourth-order valence-electron chi connectivity index (χ4n) is 4.29. The minimum Gasteiger partial charge on any atom is -0.399 e. The van der Waals surface area contributed by atoms with Crippen molar-refractivity contribution in [2.75, 3.05) is 5.73 Å². The van der Waals surface area contributed by atoms with Gasteiger partial charge >= 0.3 is 7.12 Å². The maximum absolute atomic E-state index is 11.8. The second-order valence-electron chi connectivity index (χ2n) is 9.29. The van der Waals surface area contributed by atoms with E-state index in [0.717, 1.165) is 36.7 Å². The van der Waals surface area contributed by atoms with Gasteiger partial charge in [0.1, 0.15) is 5.69 Å². The number of nitro benzene ring substituents is 1. The molecule has 1 saturated heterocycles. The molecule has 0 aromatic heterocycles. The average molecular weight is 388 g/mol. The highest BCUT2D eigenvalue weighted by Crippen LogP contribution is 2.40. The van der Waals surface area contributed by atoms with Crippen LogP contribution in [-0.4, -0.2) is 23.2 Å². The third-order valence-electron chi connectivity index (χ3n) is 6.69. The Balaban J connectivity index is 1.99. The van der Waals surface area contributed by atoms with Gasteiger partial charge < -0.3 is 15.0 Å². The van der Waals surface area contributed by atoms with E-state index in [0.29, 0.717) is 0 Å². The Hall–Kier alpha value is -1.60. The third kappa shape index (κ3) is 4.20. The van der Waals surface area contributed by atoms with Crippen LogP contribution in [0.4, 0.5) is 11.4 Å². The van der Waals surface area contributed by atoms with Crippen molar-refractivity contribution in [3.63, 3.8) is 0 Å². The van der Waals surface area contributed by atoms with E-state index < -0.39 is 18.3 Å². The highest BCUT2D eigenvalue weighted by Gasteiger charge is 2.52. The molecule has 6 nitrogen and oxygen atoms in total. The summed E-state index contributed by atoms with van der Waals surface area (Å²) in [5, 5.41) is 11.8. The van der Waals surface area contributed by atoms with Crippen molar-refractivity contribution in [2.45, 2.75) is 96.2 Å². The Morgan fingerprint density at radius 3 is 2.00 bits per heavy atom. The van der Waals surface area contributed by atoms with E-state index in [1.165, 1.54) is 25.7 Å². The van der Waals surface area contributed by atoms with Crippen molar-refractivity contribution in [1.29, 1.82) is 0 Å². The number of hydrogen-bond acceptors (Lipinski definition) is 5. The number of hydrogen-bond donors (Lipinski definition) is 1. The van der Waals surface area contributed by atoms with Gasteiger partial charge in [0.25, 0.3) is 5.69 Å². The van der Waals surface area contributed by atoms with Crippen LogP contribution >= 0.6 is 0 Å². The van der Waals surface area contributed by atoms with Crippen LogP contribution in [0, 0.1) is 10.1 Å². The molecule has 1 aromatic carbocycles. The molecular formula is C21H33BN2O4. The standard InChI is InChI=1S/C21H33BN2O4/c1-20(2)21(3,4)28-22(27-20)16-13-17(19(24(25)26)18(23)14-16)15-11-9-7-5-6-8-10-12-15/h13-15H,5-12,23H2,1-4H3. The van der Waals surface area contributed by atoms with Crippen LogP contribution in [-0.2, 0) is 9.31 Å². The zero-order valence-electron chi connectivity index (χ0n) is 17.6. The SMILES string of the molecule is CC1(C)OB(c2cc(N)c([N+](=O)[O-])c(C3CCCCCCCC3)c2)OC1(C)C. The molecule has 2 N–H and O–H groups in total. The normalized spacial score (nSPS) is 23.1. The van der Waals surface area contributed by atoms with E-state index in [-0.39, 0.29) is 22.2 Å². The summed E-state index contributed by atoms with van der Waals surface area (Å²) in [4.78, 5) is 11.5. The Bertz CT molecular complexity index is 709. The summed E-state index contributed by atoms with van der Waals surface area (Å²) in [6.07, 6.45) is 9.02. The molecule has 0 unspecified atom stereocenters. The van der Waals surface area contributed by atoms with Crippen LogP contribution in [0.3, 0.4) is 0 Å². The molecule has 28 heavy (non-hydrogen) atoms. The summed E-state index contributed by atoms with van der Waals surface area (Å²) in [5.74, 6) is 0.156. The molecule has 2 fully saturated rings. The molecule has 7 heteroatoms. The summed E-state index contributed by atoms with van der Waals surface area (Å²) < 4.78 is 12.3. The molecule has 1 aliphatic carbocycles. The van der Waals surface area contributed by atoms with Gasteiger partial charge in [-0.3, -0.25) is 10.1 Å². The van der Waals surface area contributed by atoms with E-state index in [4.69, 9.17) is 15.0 Å². The van der Waals surface area contributed by atoms with Crippen molar-refractivity contribution in [3.8, 4) is 0 Å². The number of nitrogens with two attached hydrogens (primary N) is 1. The molecule has 1 heterocycles. The van der Waals surface area contributed by atoms with E-state index in [1.807, 2.05) is 33.8 Å². The fraction of sp³-hybridized carbons (Fsp3) is 0.714. The number of benzene rings is 1. The molecule has 1 aromatic rings. The predicted octanol–water partition coefficient (Wildman–Crippen LogP) is 4.69. The molecule has 1 aliphatic heterocycles. The molecule has 3 rings (SSSR count). The first-order valence-electron chi connectivity index (χ1n) is 10.6. The fourth-order valence-corrected chi connectivity index (χ4v) is 4.29. The molecule has 0 atom stereocenters. The molecule has 0 bridgehead atoms. The van der Waals surface area contributed by atoms with Gasteiger partial charge in [0.05, 0.1) is 16.1 Å². The molecule has 0 spiro atoms. The molecule has 154 valence electrons. The monoisotopic (exact) mass is 388 g/mol. The van der Waals surface area contributed by atoms with Crippen LogP contribution < -0.4 is 11.2 Å². The lowest BCUT2D eigenvalue weighted by molar-refractivity contribution is -0.384. The average Bonchev–Trinajstić information content (AvgIpc) is 2.90. The number of nitro groups is 1. The minimum absolute atomic E-state index is 0.0597. The smallest absolute Gasteiger partial charge is 0.399 e. The van der Waals surface area contributed by atoms with Gasteiger partial charge in [-0.1, -0.05) is 44.6 Å². The lowest BCUT2D eigenvalue weighted by Gasteiger charge is -2.32. The van der Waals surface area contributed by atoms with Crippen molar-refractivity contribution in [3.05, 3.63) is 27.8 Å². The molecule has 2 aliphatic rings. The van der Waals surface area contributed by atoms with Gasteiger partial charge in [-0.15, -0.1) is 0 Å². The van der Waals surface area contributed by atoms with E-state index in [9.17, 15) is 10.1 Å². The lowest BCUT2D eigenvalue weighted by atomic mass is 9.75. The highest BCUT2D eigenvalue weighted by molar-refractivity contribution is 6.62. The number of nitrogen functional groups attached to an aromatic ring is 1. The summed E-state index contributed by atoms with van der Waals surface area (Å²) in [7, 11) is -0.566. The minimum atomic E-state index is -0.566. The first-order chi connectivity index (χ1) is 13.1. The van der Waals surface area contributed by atoms with Crippen LogP contribution in [0.2, 0.25) is 0 Å². The van der Waals surface area contributed by atoms with Gasteiger partial charge in [-0.25, -0.2) is 0 Å². The molecule has 1 saturated carbocycles. The van der Waals surface area contributed by atoms with Crippen LogP contribution in [0.25, 0.3) is 0 Å². The Labute approximate surface area is 168 Å². The number of nitrogens with zero attached hydrogens (tertiary/aromatic N) is 1. The van der Waals surface area contributed by atoms with E-state index in [2.05, 4.69) is 0 Å². The topological polar surface area (TPSA) is 87.6 Å². The molecule has 0 radical (unpaired) electrons. The van der Waals surface area contributed by atoms with Gasteiger partial charge in [-0.2, -0.15) is 0 Å². The Morgan fingerprint density at radius 2 is 1.50 bits per heavy atom. The lowest BCUT2D eigenvalue weighted by Crippen LogP contribution is -2.41. The first-order valence-corrected chi connectivity index (χ1v) is 10.6. The summed E-state index contributed by atoms with van der Waals surface area (Å²) in [6, 6.07) is 3.57. The van der Waals surface area contributed by atoms with Gasteiger partial charge in [0.15, 0.2) is 0 Å². The van der Waals surface area contributed by atoms with Crippen LogP contribution in [0.15, 0.2) is 12.1 Å². The first kappa shape index (κ1) is 21.1. The number of rotatable bonds is 3. The maximum atomic E-state index is 11.8. The highest BCUT2D eigenvalue weighted by atomic mass is 16.7. The van der Waals surface area contributed by atoms with Crippen molar-refractivity contribution < 1.29 is 14.2 Å². The predicted molar refractivity (Wildman–Crippen MR) is 113 cm³/mol. The van der Waals surface area contributed by atoms with Gasteiger partial charge in [-0.05, 0) is 58.0 Å². The van der Waals surface area contributed by atoms with Gasteiger partial charge in [0.2, 0.25) is 0 Å². The van der Waals surface area contributed by atoms with Crippen LogP contribution in [0.5, 0.6) is 0 Å². The zero-order chi connectivity index (χ0) is 20.5. The van der Waals surface area contributed by atoms with E-state index >= 15 is 0 Å². The Kier molecular flexibility index (Phi) is 6.06. The molecular weight excluding hydrogens is 355 g/mol. The van der Waals surface area contributed by atoms with Crippen LogP contribution in [0.1, 0.15) is 90.5 Å². The third-order valence-corrected chi connectivity index (χ3v) is 6.69. The van der Waals surface area contributed by atoms with Gasteiger partial charge in [0, 0.05) is 5.56 Å². The van der Waals surface area contributed by atoms with Crippen molar-refractivity contribution in [1.82, 2.24) is 0 Å². The second-order valence-corrected chi connectivity index (χ2v) is 9.29. The Morgan fingerprint density at radius 1 is 1.00 bits per heavy atom. The summed E-state index contributed by atoms with van der Waals surface area (Å²) in [5.41, 5.74) is 7.03. The summed E-state index contributed by atoms with van der Waals surface area (Å²) >= 11 is 0. The second kappa shape index (κ2) is 8.03. The summed E-state index contributed by atoms with van der Waals surface area (Å²) in [6.45, 7) is 8.00. The maximum Gasteiger partial charge on any atom is 0.494 e. The van der Waals surface area contributed by atoms with E-state index in [1.54, 1.807) is 6.07 Å². The zero-order valence-corrected chi connectivity index (χ0v) is 17.6. The van der Waals surface area contributed by atoms with Crippen molar-refractivity contribution in [2.24, 2.45) is 0 Å². The number of anilines is 1. The molecule has 0 amide bonds. The quantitative estimate of drug-likeness (QED) is 0.351. The van der Waals surface area contributed by atoms with Crippen molar-refractivity contribution >= 4 is 24.0 Å². The largest absolute Gasteiger partial charge is 0.494 e.